The predicted molar refractivity (Wildman–Crippen MR) is 181 cm³/mol. The first-order valence-electron chi connectivity index (χ1n) is 15.9. The van der Waals surface area contributed by atoms with Crippen LogP contribution in [0, 0.1) is 0 Å². The highest BCUT2D eigenvalue weighted by Crippen LogP contribution is 2.44. The molecular weight excluding hydrogens is 614 g/mol. The molecule has 2 N–H and O–H groups in total. The minimum atomic E-state index is -1.57. The molecule has 0 aliphatic carbocycles. The maximum absolute atomic E-state index is 14.4. The maximum Gasteiger partial charge on any atom is 0.306 e. The third kappa shape index (κ3) is 9.49. The van der Waals surface area contributed by atoms with Crippen molar-refractivity contribution in [1.29, 1.82) is 0 Å². The van der Waals surface area contributed by atoms with Crippen molar-refractivity contribution in [1.82, 2.24) is 5.32 Å². The van der Waals surface area contributed by atoms with Gasteiger partial charge in [0.1, 0.15) is 17.1 Å². The molecule has 0 spiro atoms. The molecule has 1 aliphatic rings. The Hall–Kier alpha value is -5.06. The minimum Gasteiger partial charge on any atom is -0.497 e. The quantitative estimate of drug-likeness (QED) is 0.0627. The van der Waals surface area contributed by atoms with Gasteiger partial charge >= 0.3 is 5.97 Å². The van der Waals surface area contributed by atoms with Crippen LogP contribution in [-0.2, 0) is 32.0 Å². The molecular formula is C36H43N5O7. The molecule has 48 heavy (non-hydrogen) atoms. The number of rotatable bonds is 16. The topological polar surface area (TPSA) is 164 Å². The number of nitrogens with zero attached hydrogens (tertiary/aromatic N) is 4. The van der Waals surface area contributed by atoms with Gasteiger partial charge in [-0.3, -0.25) is 9.59 Å². The zero-order valence-corrected chi connectivity index (χ0v) is 27.8. The summed E-state index contributed by atoms with van der Waals surface area (Å²) in [6.45, 7) is 6.08. The van der Waals surface area contributed by atoms with E-state index < -0.39 is 29.1 Å². The number of esters is 1. The molecule has 1 amide bonds. The molecule has 1 aliphatic heterocycles. The Labute approximate surface area is 280 Å². The summed E-state index contributed by atoms with van der Waals surface area (Å²) in [4.78, 5) is 35.4. The summed E-state index contributed by atoms with van der Waals surface area (Å²) in [5, 5.41) is 15.9. The molecule has 0 radical (unpaired) electrons. The Bertz CT molecular complexity index is 1610. The van der Waals surface area contributed by atoms with Crippen LogP contribution in [0.2, 0.25) is 0 Å². The van der Waals surface area contributed by atoms with Gasteiger partial charge in [0.05, 0.1) is 20.3 Å². The number of aliphatic imine (C=N–C) groups is 1. The molecule has 254 valence electrons. The standard InChI is InChI=1S/C36H43N5O7/c1-35(2,3)48-31(43)18-20-36(34(44)38-21-19-25-10-14-28(45-4)15-11-25)32(30-9-6-5-8-27(30)24-39-41-37)47-33(40-36)26-12-16-29(17-13-26)46-23-7-22-42/h5-6,8-17,32,42H,7,18-24H2,1-4H3,(H,38,44)/t32-,36-/m1/s1. The summed E-state index contributed by atoms with van der Waals surface area (Å²) in [5.74, 6) is 0.675. The number of benzene rings is 3. The maximum atomic E-state index is 14.4. The van der Waals surface area contributed by atoms with E-state index in [0.717, 1.165) is 11.3 Å². The van der Waals surface area contributed by atoms with Crippen molar-refractivity contribution in [3.05, 3.63) is 105 Å². The molecule has 12 heteroatoms. The Kier molecular flexibility index (Phi) is 12.4. The summed E-state index contributed by atoms with van der Waals surface area (Å²) >= 11 is 0. The normalized spacial score (nSPS) is 17.0. The molecule has 1 heterocycles. The molecule has 3 aromatic carbocycles. The second kappa shape index (κ2) is 16.7. The number of aliphatic hydroxyl groups excluding tert-OH is 1. The molecule has 0 unspecified atom stereocenters. The van der Waals surface area contributed by atoms with E-state index in [2.05, 4.69) is 15.3 Å². The highest BCUT2D eigenvalue weighted by molar-refractivity contribution is 6.01. The highest BCUT2D eigenvalue weighted by atomic mass is 16.6. The number of ether oxygens (including phenoxy) is 4. The monoisotopic (exact) mass is 657 g/mol. The third-order valence-corrected chi connectivity index (χ3v) is 7.66. The fraction of sp³-hybridized carbons (Fsp3) is 0.417. The van der Waals surface area contributed by atoms with Gasteiger partial charge in [0, 0.05) is 36.5 Å². The van der Waals surface area contributed by atoms with Crippen molar-refractivity contribution in [2.45, 2.75) is 70.2 Å². The molecule has 4 rings (SSSR count). The number of carbonyl (C=O) groups is 2. The van der Waals surface area contributed by atoms with Crippen LogP contribution in [0.4, 0.5) is 0 Å². The van der Waals surface area contributed by atoms with E-state index in [1.807, 2.05) is 48.5 Å². The Morgan fingerprint density at radius 3 is 2.44 bits per heavy atom. The van der Waals surface area contributed by atoms with E-state index in [9.17, 15) is 9.59 Å². The third-order valence-electron chi connectivity index (χ3n) is 7.66. The van der Waals surface area contributed by atoms with Crippen LogP contribution in [0.25, 0.3) is 10.4 Å². The van der Waals surface area contributed by atoms with Crippen LogP contribution in [-0.4, -0.2) is 60.9 Å². The molecule has 2 atom stereocenters. The zero-order valence-electron chi connectivity index (χ0n) is 27.8. The number of nitrogens with one attached hydrogen (secondary N) is 1. The van der Waals surface area contributed by atoms with Crippen LogP contribution >= 0.6 is 0 Å². The SMILES string of the molecule is COc1ccc(CCNC(=O)[C@]2(CCC(=O)OC(C)(C)C)N=C(c3ccc(OCCCO)cc3)O[C@@H]2c2ccccc2CN=[N+]=[N-])cc1. The van der Waals surface area contributed by atoms with Crippen molar-refractivity contribution in [2.24, 2.45) is 10.1 Å². The second-order valence-corrected chi connectivity index (χ2v) is 12.3. The number of aliphatic hydroxyl groups is 1. The highest BCUT2D eigenvalue weighted by Gasteiger charge is 2.53. The Morgan fingerprint density at radius 2 is 1.77 bits per heavy atom. The van der Waals surface area contributed by atoms with Crippen molar-refractivity contribution >= 4 is 17.8 Å². The van der Waals surface area contributed by atoms with Crippen LogP contribution in [0.5, 0.6) is 11.5 Å². The molecule has 12 nitrogen and oxygen atoms in total. The lowest BCUT2D eigenvalue weighted by Crippen LogP contribution is -2.49. The zero-order chi connectivity index (χ0) is 34.6. The molecule has 0 saturated carbocycles. The summed E-state index contributed by atoms with van der Waals surface area (Å²) in [7, 11) is 1.60. The first kappa shape index (κ1) is 35.8. The van der Waals surface area contributed by atoms with Crippen LogP contribution in [0.1, 0.15) is 68.4 Å². The fourth-order valence-electron chi connectivity index (χ4n) is 5.34. The number of amides is 1. The van der Waals surface area contributed by atoms with E-state index in [0.29, 0.717) is 48.4 Å². The molecule has 0 bridgehead atoms. The van der Waals surface area contributed by atoms with Gasteiger partial charge in [-0.1, -0.05) is 41.5 Å². The lowest BCUT2D eigenvalue weighted by molar-refractivity contribution is -0.155. The molecule has 0 saturated heterocycles. The van der Waals surface area contributed by atoms with Crippen molar-refractivity contribution in [3.8, 4) is 11.5 Å². The smallest absolute Gasteiger partial charge is 0.306 e. The fourth-order valence-corrected chi connectivity index (χ4v) is 5.34. The van der Waals surface area contributed by atoms with Crippen molar-refractivity contribution in [2.75, 3.05) is 26.9 Å². The minimum absolute atomic E-state index is 0.0113. The average Bonchev–Trinajstić information content (AvgIpc) is 3.47. The van der Waals surface area contributed by atoms with Crippen LogP contribution in [0.3, 0.4) is 0 Å². The number of methoxy groups -OCH3 is 1. The van der Waals surface area contributed by atoms with Gasteiger partial charge in [-0.15, -0.1) is 0 Å². The van der Waals surface area contributed by atoms with Crippen LogP contribution in [0.15, 0.2) is 82.9 Å². The number of hydrogen-bond acceptors (Lipinski definition) is 9. The lowest BCUT2D eigenvalue weighted by Gasteiger charge is -2.32. The Balaban J connectivity index is 1.73. The van der Waals surface area contributed by atoms with Gasteiger partial charge in [-0.2, -0.15) is 0 Å². The van der Waals surface area contributed by atoms with Gasteiger partial charge in [0.15, 0.2) is 11.6 Å². The first-order valence-corrected chi connectivity index (χ1v) is 15.9. The Morgan fingerprint density at radius 1 is 1.06 bits per heavy atom. The van der Waals surface area contributed by atoms with Gasteiger partial charge in [0.2, 0.25) is 5.90 Å². The number of azide groups is 1. The van der Waals surface area contributed by atoms with Gasteiger partial charge in [-0.25, -0.2) is 4.99 Å². The van der Waals surface area contributed by atoms with Crippen LogP contribution < -0.4 is 14.8 Å². The largest absolute Gasteiger partial charge is 0.497 e. The van der Waals surface area contributed by atoms with Crippen molar-refractivity contribution in [3.63, 3.8) is 0 Å². The molecule has 0 aromatic heterocycles. The van der Waals surface area contributed by atoms with Gasteiger partial charge in [-0.05, 0) is 92.2 Å². The average molecular weight is 658 g/mol. The summed E-state index contributed by atoms with van der Waals surface area (Å²) in [5.41, 5.74) is 9.67. The first-order chi connectivity index (χ1) is 23.1. The number of hydrogen-bond donors (Lipinski definition) is 2. The van der Waals surface area contributed by atoms with Gasteiger partial charge < -0.3 is 29.4 Å². The van der Waals surface area contributed by atoms with E-state index >= 15 is 0 Å². The summed E-state index contributed by atoms with van der Waals surface area (Å²) in [6.07, 6.45) is -0.0204. The van der Waals surface area contributed by atoms with Crippen molar-refractivity contribution < 1.29 is 33.6 Å². The number of carbonyl (C=O) groups excluding carboxylic acids is 2. The van der Waals surface area contributed by atoms with E-state index in [1.54, 1.807) is 52.1 Å². The van der Waals surface area contributed by atoms with Gasteiger partial charge in [0.25, 0.3) is 5.91 Å². The summed E-state index contributed by atoms with van der Waals surface area (Å²) in [6, 6.07) is 21.9. The molecule has 0 fully saturated rings. The molecule has 3 aromatic rings. The van der Waals surface area contributed by atoms with E-state index in [4.69, 9.17) is 34.6 Å². The van der Waals surface area contributed by atoms with E-state index in [1.165, 1.54) is 0 Å². The lowest BCUT2D eigenvalue weighted by atomic mass is 9.81. The van der Waals surface area contributed by atoms with E-state index in [-0.39, 0.29) is 31.9 Å². The predicted octanol–water partition coefficient (Wildman–Crippen LogP) is 6.00. The summed E-state index contributed by atoms with van der Waals surface area (Å²) < 4.78 is 23.1. The second-order valence-electron chi connectivity index (χ2n) is 12.3.